The lowest BCUT2D eigenvalue weighted by Gasteiger charge is -2.13. The Bertz CT molecular complexity index is 1330. The smallest absolute Gasteiger partial charge is 0.271 e. The Morgan fingerprint density at radius 3 is 2.33 bits per heavy atom. The highest BCUT2D eigenvalue weighted by Crippen LogP contribution is 2.37. The number of hydrogen-bond acceptors (Lipinski definition) is 9. The Kier molecular flexibility index (Phi) is 6.47. The third-order valence-electron chi connectivity index (χ3n) is 4.70. The number of benzene rings is 2. The van der Waals surface area contributed by atoms with Gasteiger partial charge in [-0.1, -0.05) is 23.5 Å². The molecule has 0 aliphatic heterocycles. The van der Waals surface area contributed by atoms with Crippen molar-refractivity contribution in [1.82, 2.24) is 20.0 Å². The van der Waals surface area contributed by atoms with E-state index in [1.54, 1.807) is 36.2 Å². The van der Waals surface area contributed by atoms with E-state index in [2.05, 4.69) is 20.0 Å². The van der Waals surface area contributed by atoms with Gasteiger partial charge in [0.2, 0.25) is 5.13 Å². The Labute approximate surface area is 194 Å². The summed E-state index contributed by atoms with van der Waals surface area (Å²) in [6, 6.07) is 12.3. The third-order valence-corrected chi connectivity index (χ3v) is 7.10. The zero-order valence-corrected chi connectivity index (χ0v) is 19.7. The maximum atomic E-state index is 13.1. The van der Waals surface area contributed by atoms with Crippen LogP contribution < -0.4 is 18.9 Å². The fourth-order valence-electron chi connectivity index (χ4n) is 3.22. The van der Waals surface area contributed by atoms with Crippen molar-refractivity contribution in [2.45, 2.75) is 11.4 Å². The quantitative estimate of drug-likeness (QED) is 0.382. The van der Waals surface area contributed by atoms with Gasteiger partial charge in [-0.3, -0.25) is 9.40 Å². The summed E-state index contributed by atoms with van der Waals surface area (Å²) in [4.78, 5) is -0.120. The summed E-state index contributed by atoms with van der Waals surface area (Å²) >= 11 is 1.08. The summed E-state index contributed by atoms with van der Waals surface area (Å²) < 4.78 is 46.4. The number of sulfonamides is 1. The lowest BCUT2D eigenvalue weighted by molar-refractivity contribution is 0.373. The average Bonchev–Trinajstić information content (AvgIpc) is 3.50. The van der Waals surface area contributed by atoms with Crippen molar-refractivity contribution in [3.05, 3.63) is 60.4 Å². The molecular weight excluding hydrogens is 466 g/mol. The molecule has 4 aromatic rings. The van der Waals surface area contributed by atoms with Crippen LogP contribution in [0.25, 0.3) is 10.6 Å². The van der Waals surface area contributed by atoms with Crippen molar-refractivity contribution >= 4 is 26.5 Å². The van der Waals surface area contributed by atoms with E-state index >= 15 is 0 Å². The summed E-state index contributed by atoms with van der Waals surface area (Å²) in [6.07, 6.45) is 3.58. The minimum absolute atomic E-state index is 0.0949. The standard InChI is InChI=1S/C21H21N5O5S2/c1-29-16-9-8-14(13-26-11-5-10-22-26)12-15(16)20-23-24-21(32-20)25-33(27,28)19-17(30-2)6-4-7-18(19)31-3/h4-12H,13H2,1-3H3,(H,24,25). The topological polar surface area (TPSA) is 117 Å². The molecule has 0 spiro atoms. The average molecular weight is 488 g/mol. The van der Waals surface area contributed by atoms with E-state index in [0.717, 1.165) is 16.9 Å². The number of rotatable bonds is 9. The number of anilines is 1. The molecule has 10 nitrogen and oxygen atoms in total. The molecule has 0 bridgehead atoms. The molecule has 0 amide bonds. The molecule has 2 aromatic carbocycles. The summed E-state index contributed by atoms with van der Waals surface area (Å²) in [7, 11) is 0.276. The SMILES string of the molecule is COc1ccc(Cn2cccn2)cc1-c1nnc(NS(=O)(=O)c2c(OC)cccc2OC)s1. The highest BCUT2D eigenvalue weighted by molar-refractivity contribution is 7.93. The molecule has 0 fully saturated rings. The van der Waals surface area contributed by atoms with Gasteiger partial charge in [-0.15, -0.1) is 10.2 Å². The highest BCUT2D eigenvalue weighted by Gasteiger charge is 2.26. The van der Waals surface area contributed by atoms with Crippen molar-refractivity contribution in [3.8, 4) is 27.8 Å². The van der Waals surface area contributed by atoms with Crippen molar-refractivity contribution in [1.29, 1.82) is 0 Å². The number of nitrogens with one attached hydrogen (secondary N) is 1. The molecule has 0 aliphatic carbocycles. The van der Waals surface area contributed by atoms with Gasteiger partial charge in [-0.05, 0) is 35.9 Å². The second-order valence-corrected chi connectivity index (χ2v) is 9.34. The van der Waals surface area contributed by atoms with Crippen molar-refractivity contribution in [2.75, 3.05) is 26.1 Å². The Morgan fingerprint density at radius 1 is 0.970 bits per heavy atom. The highest BCUT2D eigenvalue weighted by atomic mass is 32.2. The van der Waals surface area contributed by atoms with Crippen LogP contribution in [-0.4, -0.2) is 49.7 Å². The van der Waals surface area contributed by atoms with Gasteiger partial charge in [0.1, 0.15) is 17.2 Å². The molecule has 12 heteroatoms. The van der Waals surface area contributed by atoms with E-state index in [-0.39, 0.29) is 21.5 Å². The zero-order valence-electron chi connectivity index (χ0n) is 18.0. The lowest BCUT2D eigenvalue weighted by Crippen LogP contribution is -2.15. The van der Waals surface area contributed by atoms with Crippen molar-refractivity contribution in [2.24, 2.45) is 0 Å². The van der Waals surface area contributed by atoms with Crippen LogP contribution in [-0.2, 0) is 16.6 Å². The minimum Gasteiger partial charge on any atom is -0.496 e. The Balaban J connectivity index is 1.65. The van der Waals surface area contributed by atoms with Crippen LogP contribution in [0.2, 0.25) is 0 Å². The van der Waals surface area contributed by atoms with E-state index in [1.165, 1.54) is 14.2 Å². The lowest BCUT2D eigenvalue weighted by atomic mass is 10.1. The first-order chi connectivity index (χ1) is 15.9. The van der Waals surface area contributed by atoms with Crippen LogP contribution in [0.3, 0.4) is 0 Å². The van der Waals surface area contributed by atoms with E-state index in [0.29, 0.717) is 22.9 Å². The predicted octanol–water partition coefficient (Wildman–Crippen LogP) is 3.28. The van der Waals surface area contributed by atoms with Crippen molar-refractivity contribution in [3.63, 3.8) is 0 Å². The van der Waals surface area contributed by atoms with E-state index < -0.39 is 10.0 Å². The maximum Gasteiger partial charge on any atom is 0.271 e. The summed E-state index contributed by atoms with van der Waals surface area (Å²) in [5.74, 6) is 0.898. The number of aromatic nitrogens is 4. The molecule has 0 radical (unpaired) electrons. The zero-order chi connectivity index (χ0) is 23.4. The van der Waals surface area contributed by atoms with Gasteiger partial charge in [-0.2, -0.15) is 5.10 Å². The van der Waals surface area contributed by atoms with Gasteiger partial charge in [0.15, 0.2) is 9.90 Å². The molecule has 0 atom stereocenters. The van der Waals surface area contributed by atoms with Crippen LogP contribution >= 0.6 is 11.3 Å². The molecule has 2 aromatic heterocycles. The Hall–Kier alpha value is -3.64. The monoisotopic (exact) mass is 487 g/mol. The molecule has 172 valence electrons. The Morgan fingerprint density at radius 2 is 1.70 bits per heavy atom. The number of ether oxygens (including phenoxy) is 3. The van der Waals surface area contributed by atoms with E-state index in [1.807, 2.05) is 30.5 Å². The molecule has 0 saturated carbocycles. The molecule has 1 N–H and O–H groups in total. The van der Waals surface area contributed by atoms with Gasteiger partial charge >= 0.3 is 0 Å². The first-order valence-electron chi connectivity index (χ1n) is 9.67. The summed E-state index contributed by atoms with van der Waals surface area (Å²) in [5.41, 5.74) is 1.67. The molecule has 0 unspecified atom stereocenters. The van der Waals surface area contributed by atoms with E-state index in [9.17, 15) is 8.42 Å². The van der Waals surface area contributed by atoms with Crippen LogP contribution in [0, 0.1) is 0 Å². The fourth-order valence-corrected chi connectivity index (χ4v) is 5.54. The largest absolute Gasteiger partial charge is 0.496 e. The van der Waals surface area contributed by atoms with Gasteiger partial charge in [0.05, 0.1) is 33.4 Å². The van der Waals surface area contributed by atoms with E-state index in [4.69, 9.17) is 14.2 Å². The van der Waals surface area contributed by atoms with Crippen molar-refractivity contribution < 1.29 is 22.6 Å². The van der Waals surface area contributed by atoms with Gasteiger partial charge in [-0.25, -0.2) is 8.42 Å². The van der Waals surface area contributed by atoms with Crippen LogP contribution in [0.1, 0.15) is 5.56 Å². The maximum absolute atomic E-state index is 13.1. The first kappa shape index (κ1) is 22.6. The van der Waals surface area contributed by atoms with Gasteiger partial charge < -0.3 is 14.2 Å². The normalized spacial score (nSPS) is 11.2. The van der Waals surface area contributed by atoms with Crippen LogP contribution in [0.15, 0.2) is 59.8 Å². The summed E-state index contributed by atoms with van der Waals surface area (Å²) in [5, 5.41) is 13.0. The van der Waals surface area contributed by atoms with Gasteiger partial charge in [0.25, 0.3) is 10.0 Å². The predicted molar refractivity (Wildman–Crippen MR) is 124 cm³/mol. The molecule has 0 saturated heterocycles. The van der Waals surface area contributed by atoms with Crippen LogP contribution in [0.4, 0.5) is 5.13 Å². The number of methoxy groups -OCH3 is 3. The molecular formula is C21H21N5O5S2. The first-order valence-corrected chi connectivity index (χ1v) is 12.0. The second kappa shape index (κ2) is 9.46. The number of nitrogens with zero attached hydrogens (tertiary/aromatic N) is 4. The molecule has 33 heavy (non-hydrogen) atoms. The van der Waals surface area contributed by atoms with Crippen LogP contribution in [0.5, 0.6) is 17.2 Å². The second-order valence-electron chi connectivity index (χ2n) is 6.75. The minimum atomic E-state index is -4.06. The van der Waals surface area contributed by atoms with Gasteiger partial charge in [0, 0.05) is 12.4 Å². The molecule has 0 aliphatic rings. The summed E-state index contributed by atoms with van der Waals surface area (Å²) in [6.45, 7) is 0.565. The molecule has 4 rings (SSSR count). The fraction of sp³-hybridized carbons (Fsp3) is 0.190. The number of hydrogen-bond donors (Lipinski definition) is 1. The molecule has 2 heterocycles. The third kappa shape index (κ3) is 4.76.